The fraction of sp³-hybridized carbons (Fsp3) is 0.357. The van der Waals surface area contributed by atoms with E-state index in [4.69, 9.17) is 0 Å². The van der Waals surface area contributed by atoms with Gasteiger partial charge in [-0.3, -0.25) is 0 Å². The average molecular weight is 185 g/mol. The molecule has 0 N–H and O–H groups in total. The largest absolute Gasteiger partial charge is 0.0766 e. The van der Waals surface area contributed by atoms with E-state index < -0.39 is 0 Å². The molecule has 1 aliphatic rings. The Bertz CT molecular complexity index is 293. The Kier molecular flexibility index (Phi) is 3.03. The highest BCUT2D eigenvalue weighted by molar-refractivity contribution is 5.51. The van der Waals surface area contributed by atoms with Gasteiger partial charge in [0.25, 0.3) is 0 Å². The van der Waals surface area contributed by atoms with Crippen LogP contribution in [0.25, 0.3) is 6.08 Å². The third kappa shape index (κ3) is 2.47. The van der Waals surface area contributed by atoms with Crippen molar-refractivity contribution in [3.05, 3.63) is 47.9 Å². The van der Waals surface area contributed by atoms with Crippen LogP contribution in [0.5, 0.6) is 0 Å². The summed E-state index contributed by atoms with van der Waals surface area (Å²) in [6.07, 6.45) is 8.56. The Hall–Kier alpha value is -1.04. The number of hydrogen-bond donors (Lipinski definition) is 0. The van der Waals surface area contributed by atoms with Crippen molar-refractivity contribution >= 4 is 6.08 Å². The molecule has 0 aromatic heterocycles. The van der Waals surface area contributed by atoms with E-state index >= 15 is 0 Å². The molecule has 0 nitrogen and oxygen atoms in total. The van der Waals surface area contributed by atoms with Gasteiger partial charge in [0, 0.05) is 5.92 Å². The third-order valence-electron chi connectivity index (χ3n) is 2.80. The normalized spacial score (nSPS) is 16.7. The Morgan fingerprint density at radius 2 is 2.00 bits per heavy atom. The standard InChI is InChI=1S/C14H17/c1-2-13(14-10-11-14)9-8-12-6-4-3-5-7-12/h3-9,14H,2,10-11H2,1H3. The van der Waals surface area contributed by atoms with Gasteiger partial charge in [0.15, 0.2) is 0 Å². The zero-order valence-electron chi connectivity index (χ0n) is 8.74. The second-order valence-electron chi connectivity index (χ2n) is 3.95. The Morgan fingerprint density at radius 3 is 2.57 bits per heavy atom. The summed E-state index contributed by atoms with van der Waals surface area (Å²) >= 11 is 0. The van der Waals surface area contributed by atoms with E-state index in [2.05, 4.69) is 49.4 Å². The first kappa shape index (κ1) is 9.51. The average Bonchev–Trinajstić information content (AvgIpc) is 3.05. The van der Waals surface area contributed by atoms with Crippen molar-refractivity contribution in [1.29, 1.82) is 0 Å². The summed E-state index contributed by atoms with van der Waals surface area (Å²) in [5, 5.41) is 0. The number of allylic oxidation sites excluding steroid dienone is 1. The lowest BCUT2D eigenvalue weighted by Gasteiger charge is -2.05. The highest BCUT2D eigenvalue weighted by Gasteiger charge is 2.28. The maximum absolute atomic E-state index is 2.31. The van der Waals surface area contributed by atoms with Gasteiger partial charge in [-0.05, 0) is 30.7 Å². The van der Waals surface area contributed by atoms with E-state index in [9.17, 15) is 0 Å². The molecule has 0 bridgehead atoms. The van der Waals surface area contributed by atoms with Gasteiger partial charge in [-0.1, -0.05) is 49.4 Å². The first-order valence-corrected chi connectivity index (χ1v) is 5.49. The molecule has 0 spiro atoms. The smallest absolute Gasteiger partial charge is 0.000427 e. The number of benzene rings is 1. The first-order chi connectivity index (χ1) is 6.90. The van der Waals surface area contributed by atoms with Crippen LogP contribution in [-0.4, -0.2) is 0 Å². The van der Waals surface area contributed by atoms with Crippen molar-refractivity contribution in [1.82, 2.24) is 0 Å². The molecular formula is C14H17. The molecule has 14 heavy (non-hydrogen) atoms. The van der Waals surface area contributed by atoms with E-state index in [0.717, 1.165) is 5.92 Å². The Labute approximate surface area is 86.7 Å². The topological polar surface area (TPSA) is 0 Å². The van der Waals surface area contributed by atoms with Crippen LogP contribution in [0.1, 0.15) is 31.7 Å². The van der Waals surface area contributed by atoms with Gasteiger partial charge in [0.05, 0.1) is 0 Å². The molecule has 2 rings (SSSR count). The fourth-order valence-electron chi connectivity index (χ4n) is 1.76. The molecule has 0 heterocycles. The fourth-order valence-corrected chi connectivity index (χ4v) is 1.76. The molecule has 1 fully saturated rings. The van der Waals surface area contributed by atoms with Gasteiger partial charge < -0.3 is 0 Å². The molecule has 1 saturated carbocycles. The van der Waals surface area contributed by atoms with Crippen molar-refractivity contribution in [2.24, 2.45) is 5.92 Å². The molecule has 0 heteroatoms. The van der Waals surface area contributed by atoms with Crippen LogP contribution in [0.4, 0.5) is 0 Å². The molecule has 0 amide bonds. The molecular weight excluding hydrogens is 168 g/mol. The van der Waals surface area contributed by atoms with E-state index in [-0.39, 0.29) is 0 Å². The van der Waals surface area contributed by atoms with Crippen LogP contribution in [0.3, 0.4) is 0 Å². The highest BCUT2D eigenvalue weighted by atomic mass is 14.3. The summed E-state index contributed by atoms with van der Waals surface area (Å²) in [6, 6.07) is 10.5. The van der Waals surface area contributed by atoms with Crippen LogP contribution >= 0.6 is 0 Å². The van der Waals surface area contributed by atoms with E-state index in [0.29, 0.717) is 0 Å². The molecule has 73 valence electrons. The minimum atomic E-state index is 0.903. The zero-order valence-corrected chi connectivity index (χ0v) is 8.74. The quantitative estimate of drug-likeness (QED) is 0.662. The maximum Gasteiger partial charge on any atom is 0.000427 e. The highest BCUT2D eigenvalue weighted by Crippen LogP contribution is 2.40. The van der Waals surface area contributed by atoms with Crippen molar-refractivity contribution in [2.75, 3.05) is 0 Å². The summed E-state index contributed by atoms with van der Waals surface area (Å²) in [7, 11) is 0. The van der Waals surface area contributed by atoms with Crippen molar-refractivity contribution in [3.63, 3.8) is 0 Å². The van der Waals surface area contributed by atoms with E-state index in [1.165, 1.54) is 24.8 Å². The first-order valence-electron chi connectivity index (χ1n) is 5.49. The summed E-state index contributed by atoms with van der Waals surface area (Å²) in [5.74, 6) is 2.52. The summed E-state index contributed by atoms with van der Waals surface area (Å²) < 4.78 is 0. The molecule has 0 atom stereocenters. The SMILES string of the molecule is CC[C](C=Cc1ccccc1)C1CC1. The van der Waals surface area contributed by atoms with Gasteiger partial charge >= 0.3 is 0 Å². The zero-order chi connectivity index (χ0) is 9.80. The Morgan fingerprint density at radius 1 is 1.29 bits per heavy atom. The van der Waals surface area contributed by atoms with Crippen LogP contribution in [0.2, 0.25) is 0 Å². The molecule has 1 aromatic rings. The van der Waals surface area contributed by atoms with Crippen LogP contribution in [-0.2, 0) is 0 Å². The van der Waals surface area contributed by atoms with Crippen molar-refractivity contribution < 1.29 is 0 Å². The van der Waals surface area contributed by atoms with E-state index in [1.807, 2.05) is 0 Å². The maximum atomic E-state index is 2.31. The number of rotatable bonds is 4. The molecule has 1 aromatic carbocycles. The molecule has 1 radical (unpaired) electrons. The lowest BCUT2D eigenvalue weighted by Crippen LogP contribution is -1.92. The van der Waals surface area contributed by atoms with Gasteiger partial charge in [0.2, 0.25) is 0 Å². The molecule has 0 aliphatic heterocycles. The van der Waals surface area contributed by atoms with Crippen LogP contribution < -0.4 is 0 Å². The lowest BCUT2D eigenvalue weighted by atomic mass is 9.99. The monoisotopic (exact) mass is 185 g/mol. The molecule has 0 saturated heterocycles. The summed E-state index contributed by atoms with van der Waals surface area (Å²) in [5.41, 5.74) is 1.30. The minimum Gasteiger partial charge on any atom is -0.0766 e. The van der Waals surface area contributed by atoms with E-state index in [1.54, 1.807) is 5.92 Å². The second-order valence-corrected chi connectivity index (χ2v) is 3.95. The van der Waals surface area contributed by atoms with Crippen molar-refractivity contribution in [2.45, 2.75) is 26.2 Å². The van der Waals surface area contributed by atoms with Crippen molar-refractivity contribution in [3.8, 4) is 0 Å². The summed E-state index contributed by atoms with van der Waals surface area (Å²) in [6.45, 7) is 2.25. The van der Waals surface area contributed by atoms with Gasteiger partial charge in [0.1, 0.15) is 0 Å². The molecule has 0 unspecified atom stereocenters. The van der Waals surface area contributed by atoms with Gasteiger partial charge in [-0.25, -0.2) is 0 Å². The minimum absolute atomic E-state index is 0.903. The Balaban J connectivity index is 1.98. The summed E-state index contributed by atoms with van der Waals surface area (Å²) in [4.78, 5) is 0. The van der Waals surface area contributed by atoms with Gasteiger partial charge in [-0.15, -0.1) is 0 Å². The number of hydrogen-bond acceptors (Lipinski definition) is 0. The lowest BCUT2D eigenvalue weighted by molar-refractivity contribution is 0.810. The van der Waals surface area contributed by atoms with Crippen LogP contribution in [0, 0.1) is 11.8 Å². The van der Waals surface area contributed by atoms with Crippen LogP contribution in [0.15, 0.2) is 36.4 Å². The molecule has 1 aliphatic carbocycles. The second kappa shape index (κ2) is 4.45. The third-order valence-corrected chi connectivity index (χ3v) is 2.80. The van der Waals surface area contributed by atoms with Gasteiger partial charge in [-0.2, -0.15) is 0 Å². The predicted octanol–water partition coefficient (Wildman–Crippen LogP) is 4.09. The predicted molar refractivity (Wildman–Crippen MR) is 61.7 cm³/mol.